The van der Waals surface area contributed by atoms with Crippen LogP contribution in [0.15, 0.2) is 24.3 Å². The summed E-state index contributed by atoms with van der Waals surface area (Å²) in [5.41, 5.74) is 1.91. The van der Waals surface area contributed by atoms with Crippen LogP contribution in [0.3, 0.4) is 0 Å². The number of hydrogen-bond donors (Lipinski definition) is 4. The summed E-state index contributed by atoms with van der Waals surface area (Å²) in [6.07, 6.45) is 2.55. The highest BCUT2D eigenvalue weighted by atomic mass is 16.3. The summed E-state index contributed by atoms with van der Waals surface area (Å²) in [6, 6.07) is 7.23. The zero-order chi connectivity index (χ0) is 18.5. The largest absolute Gasteiger partial charge is 0.392 e. The molecule has 0 spiro atoms. The number of nitrogens with zero attached hydrogens (tertiary/aromatic N) is 1. The summed E-state index contributed by atoms with van der Waals surface area (Å²) >= 11 is 0. The van der Waals surface area contributed by atoms with Crippen molar-refractivity contribution in [1.82, 2.24) is 10.6 Å². The highest BCUT2D eigenvalue weighted by molar-refractivity contribution is 5.92. The molecule has 3 rings (SSSR count). The monoisotopic (exact) mass is 360 g/mol. The molecule has 7 heteroatoms. The van der Waals surface area contributed by atoms with Gasteiger partial charge in [-0.05, 0) is 44.4 Å². The second-order valence-corrected chi connectivity index (χ2v) is 7.26. The van der Waals surface area contributed by atoms with Crippen LogP contribution in [0, 0.1) is 0 Å². The lowest BCUT2D eigenvalue weighted by atomic mass is 10.1. The number of aliphatic hydroxyl groups is 1. The maximum atomic E-state index is 12.3. The molecule has 3 atom stereocenters. The van der Waals surface area contributed by atoms with E-state index in [0.29, 0.717) is 13.0 Å². The van der Waals surface area contributed by atoms with Gasteiger partial charge in [0.15, 0.2) is 0 Å². The van der Waals surface area contributed by atoms with Crippen LogP contribution in [-0.4, -0.2) is 54.7 Å². The minimum atomic E-state index is -0.479. The molecule has 0 aliphatic carbocycles. The SMILES string of the molecule is CC(CC(=O)Nc1cccc(N2CCCC2)c1)NC(=O)C1CC(O)CN1. The first-order valence-electron chi connectivity index (χ1n) is 9.38. The number of hydrogen-bond acceptors (Lipinski definition) is 5. The van der Waals surface area contributed by atoms with E-state index in [0.717, 1.165) is 24.5 Å². The smallest absolute Gasteiger partial charge is 0.237 e. The van der Waals surface area contributed by atoms with Gasteiger partial charge >= 0.3 is 0 Å². The second-order valence-electron chi connectivity index (χ2n) is 7.26. The van der Waals surface area contributed by atoms with Crippen LogP contribution in [0.5, 0.6) is 0 Å². The van der Waals surface area contributed by atoms with E-state index in [1.165, 1.54) is 12.8 Å². The van der Waals surface area contributed by atoms with Crippen LogP contribution in [0.1, 0.15) is 32.6 Å². The minimum absolute atomic E-state index is 0.129. The van der Waals surface area contributed by atoms with Gasteiger partial charge in [0.2, 0.25) is 11.8 Å². The molecule has 2 heterocycles. The van der Waals surface area contributed by atoms with E-state index in [2.05, 4.69) is 26.9 Å². The van der Waals surface area contributed by atoms with E-state index in [1.807, 2.05) is 25.1 Å². The predicted molar refractivity (Wildman–Crippen MR) is 101 cm³/mol. The van der Waals surface area contributed by atoms with E-state index in [4.69, 9.17) is 0 Å². The van der Waals surface area contributed by atoms with E-state index in [1.54, 1.807) is 0 Å². The van der Waals surface area contributed by atoms with Crippen molar-refractivity contribution in [1.29, 1.82) is 0 Å². The molecule has 2 aliphatic heterocycles. The molecule has 0 saturated carbocycles. The number of aliphatic hydroxyl groups excluding tert-OH is 1. The number of benzene rings is 1. The summed E-state index contributed by atoms with van der Waals surface area (Å²) in [6.45, 7) is 4.36. The Morgan fingerprint density at radius 1 is 1.35 bits per heavy atom. The fourth-order valence-electron chi connectivity index (χ4n) is 3.56. The van der Waals surface area contributed by atoms with Gasteiger partial charge in [-0.25, -0.2) is 0 Å². The molecule has 2 amide bonds. The lowest BCUT2D eigenvalue weighted by Gasteiger charge is -2.19. The summed E-state index contributed by atoms with van der Waals surface area (Å²) < 4.78 is 0. The number of amides is 2. The normalized spacial score (nSPS) is 23.7. The molecule has 4 N–H and O–H groups in total. The van der Waals surface area contributed by atoms with E-state index in [9.17, 15) is 14.7 Å². The lowest BCUT2D eigenvalue weighted by molar-refractivity contribution is -0.123. The number of β-amino-alcohol motifs (C(OH)–C–C–N with tert-alkyl or cyclic N) is 1. The third-order valence-electron chi connectivity index (χ3n) is 4.91. The third-order valence-corrected chi connectivity index (χ3v) is 4.91. The van der Waals surface area contributed by atoms with Crippen LogP contribution < -0.4 is 20.9 Å². The van der Waals surface area contributed by atoms with Gasteiger partial charge in [0.05, 0.1) is 12.1 Å². The molecule has 0 bridgehead atoms. The molecular weight excluding hydrogens is 332 g/mol. The van der Waals surface area contributed by atoms with Gasteiger partial charge in [-0.2, -0.15) is 0 Å². The fourth-order valence-corrected chi connectivity index (χ4v) is 3.56. The minimum Gasteiger partial charge on any atom is -0.392 e. The van der Waals surface area contributed by atoms with Gasteiger partial charge in [-0.3, -0.25) is 9.59 Å². The van der Waals surface area contributed by atoms with Crippen LogP contribution in [0.25, 0.3) is 0 Å². The van der Waals surface area contributed by atoms with Crippen molar-refractivity contribution in [3.05, 3.63) is 24.3 Å². The average molecular weight is 360 g/mol. The van der Waals surface area contributed by atoms with Gasteiger partial charge in [0.25, 0.3) is 0 Å². The highest BCUT2D eigenvalue weighted by Crippen LogP contribution is 2.23. The number of nitrogens with one attached hydrogen (secondary N) is 3. The summed E-state index contributed by atoms with van der Waals surface area (Å²) in [7, 11) is 0. The fraction of sp³-hybridized carbons (Fsp3) is 0.579. The molecule has 26 heavy (non-hydrogen) atoms. The molecule has 2 saturated heterocycles. The molecule has 0 radical (unpaired) electrons. The Labute approximate surface area is 154 Å². The first kappa shape index (κ1) is 18.7. The Morgan fingerprint density at radius 3 is 2.81 bits per heavy atom. The standard InChI is InChI=1S/C19H28N4O3/c1-13(21-19(26)17-11-16(24)12-20-17)9-18(25)22-14-5-4-6-15(10-14)23-7-2-3-8-23/h4-6,10,13,16-17,20,24H,2-3,7-9,11-12H2,1H3,(H,21,26)(H,22,25). The molecule has 1 aromatic carbocycles. The van der Waals surface area contributed by atoms with Crippen molar-refractivity contribution >= 4 is 23.2 Å². The molecule has 2 fully saturated rings. The van der Waals surface area contributed by atoms with Crippen LogP contribution >= 0.6 is 0 Å². The molecular formula is C19H28N4O3. The van der Waals surface area contributed by atoms with Crippen molar-refractivity contribution in [3.63, 3.8) is 0 Å². The lowest BCUT2D eigenvalue weighted by Crippen LogP contribution is -2.45. The predicted octanol–water partition coefficient (Wildman–Crippen LogP) is 0.843. The van der Waals surface area contributed by atoms with E-state index >= 15 is 0 Å². The molecule has 1 aromatic rings. The average Bonchev–Trinajstić information content (AvgIpc) is 3.26. The number of rotatable bonds is 6. The molecule has 3 unspecified atom stereocenters. The Bertz CT molecular complexity index is 645. The van der Waals surface area contributed by atoms with Crippen LogP contribution in [0.4, 0.5) is 11.4 Å². The molecule has 142 valence electrons. The maximum Gasteiger partial charge on any atom is 0.237 e. The van der Waals surface area contributed by atoms with Crippen LogP contribution in [0.2, 0.25) is 0 Å². The zero-order valence-corrected chi connectivity index (χ0v) is 15.2. The number of anilines is 2. The van der Waals surface area contributed by atoms with Crippen molar-refractivity contribution in [2.45, 2.75) is 50.8 Å². The van der Waals surface area contributed by atoms with E-state index < -0.39 is 6.10 Å². The molecule has 2 aliphatic rings. The van der Waals surface area contributed by atoms with Gasteiger partial charge in [-0.15, -0.1) is 0 Å². The van der Waals surface area contributed by atoms with E-state index in [-0.39, 0.29) is 30.3 Å². The maximum absolute atomic E-state index is 12.3. The summed E-state index contributed by atoms with van der Waals surface area (Å²) in [5.74, 6) is -0.298. The van der Waals surface area contributed by atoms with Crippen molar-refractivity contribution < 1.29 is 14.7 Å². The Balaban J connectivity index is 1.47. The van der Waals surface area contributed by atoms with Crippen molar-refractivity contribution in [3.8, 4) is 0 Å². The third kappa shape index (κ3) is 4.95. The Kier molecular flexibility index (Phi) is 6.11. The summed E-state index contributed by atoms with van der Waals surface area (Å²) in [5, 5.41) is 18.2. The first-order valence-corrected chi connectivity index (χ1v) is 9.38. The van der Waals surface area contributed by atoms with Crippen LogP contribution in [-0.2, 0) is 9.59 Å². The quantitative estimate of drug-likeness (QED) is 0.603. The number of carbonyl (C=O) groups excluding carboxylic acids is 2. The van der Waals surface area contributed by atoms with Gasteiger partial charge in [-0.1, -0.05) is 6.07 Å². The first-order chi connectivity index (χ1) is 12.5. The van der Waals surface area contributed by atoms with Gasteiger partial charge in [0.1, 0.15) is 0 Å². The van der Waals surface area contributed by atoms with Crippen molar-refractivity contribution in [2.75, 3.05) is 29.9 Å². The number of carbonyl (C=O) groups is 2. The van der Waals surface area contributed by atoms with Gasteiger partial charge in [0, 0.05) is 43.5 Å². The highest BCUT2D eigenvalue weighted by Gasteiger charge is 2.28. The topological polar surface area (TPSA) is 93.7 Å². The second kappa shape index (κ2) is 8.51. The molecule has 7 nitrogen and oxygen atoms in total. The zero-order valence-electron chi connectivity index (χ0n) is 15.2. The Morgan fingerprint density at radius 2 is 2.12 bits per heavy atom. The van der Waals surface area contributed by atoms with Gasteiger partial charge < -0.3 is 26.0 Å². The summed E-state index contributed by atoms with van der Waals surface area (Å²) in [4.78, 5) is 26.7. The van der Waals surface area contributed by atoms with Crippen molar-refractivity contribution in [2.24, 2.45) is 0 Å². The Hall–Kier alpha value is -2.12. The molecule has 0 aromatic heterocycles.